The van der Waals surface area contributed by atoms with Crippen LogP contribution in [0.2, 0.25) is 39.3 Å². The Labute approximate surface area is 340 Å². The summed E-state index contributed by atoms with van der Waals surface area (Å²) < 4.78 is 1.07. The molecule has 0 radical (unpaired) electrons. The second-order valence-corrected chi connectivity index (χ2v) is 29.2. The van der Waals surface area contributed by atoms with E-state index in [1.165, 1.54) is 82.7 Å². The van der Waals surface area contributed by atoms with Gasteiger partial charge in [-0.1, -0.05) is 220 Å². The number of halogens is 1. The summed E-state index contributed by atoms with van der Waals surface area (Å²) >= 11 is 3.71. The summed E-state index contributed by atoms with van der Waals surface area (Å²) in [5.41, 5.74) is 16.2. The maximum Gasteiger partial charge on any atom is 0.0776 e. The van der Waals surface area contributed by atoms with E-state index in [-0.39, 0.29) is 5.41 Å². The van der Waals surface area contributed by atoms with Crippen molar-refractivity contribution < 1.29 is 0 Å². The lowest BCUT2D eigenvalue weighted by molar-refractivity contribution is 0.590. The van der Waals surface area contributed by atoms with Gasteiger partial charge in [0.2, 0.25) is 0 Å². The molecule has 0 heterocycles. The lowest BCUT2D eigenvalue weighted by Gasteiger charge is -2.21. The number of benzene rings is 7. The summed E-state index contributed by atoms with van der Waals surface area (Å²) in [6, 6.07) is 59.6. The zero-order chi connectivity index (χ0) is 39.1. The van der Waals surface area contributed by atoms with Gasteiger partial charge in [0, 0.05) is 4.47 Å². The summed E-state index contributed by atoms with van der Waals surface area (Å²) in [6.45, 7) is 21.3. The Bertz CT molecular complexity index is 2310. The molecule has 0 aliphatic carbocycles. The lowest BCUT2D eigenvalue weighted by atomic mass is 9.83. The van der Waals surface area contributed by atoms with Crippen LogP contribution in [-0.4, -0.2) is 16.1 Å². The van der Waals surface area contributed by atoms with Gasteiger partial charge < -0.3 is 0 Å². The first-order valence-electron chi connectivity index (χ1n) is 19.5. The van der Waals surface area contributed by atoms with Gasteiger partial charge in [-0.25, -0.2) is 0 Å². The summed E-state index contributed by atoms with van der Waals surface area (Å²) in [5.74, 6) is 0. The van der Waals surface area contributed by atoms with Gasteiger partial charge in [0.1, 0.15) is 0 Å². The first kappa shape index (κ1) is 38.7. The smallest absolute Gasteiger partial charge is 0.0656 e. The molecule has 0 saturated heterocycles. The minimum Gasteiger partial charge on any atom is -0.0656 e. The van der Waals surface area contributed by atoms with Crippen LogP contribution in [0.4, 0.5) is 0 Å². The fraction of sp³-hybridized carbons (Fsp3) is 0.192. The standard InChI is InChI=1S/C52H53BrSi2/c1-52(2,3)45-28-24-38(25-29-45)44-34-49(39-20-16-36(17-21-39)42-12-10-14-47(32-42)54(4,5)6)51(41-26-30-46(53)31-27-41)50(35-44)40-22-18-37(19-23-40)43-13-11-15-48(33-43)55(7,8)9/h10-35H,1-9H3. The average molecular weight is 814 g/mol. The molecule has 0 saturated carbocycles. The third-order valence-electron chi connectivity index (χ3n) is 10.9. The van der Waals surface area contributed by atoms with Crippen molar-refractivity contribution in [2.75, 3.05) is 0 Å². The lowest BCUT2D eigenvalue weighted by Crippen LogP contribution is -2.37. The Morgan fingerprint density at radius 2 is 0.727 bits per heavy atom. The van der Waals surface area contributed by atoms with Gasteiger partial charge in [-0.05, 0) is 102 Å². The molecule has 0 aliphatic heterocycles. The fourth-order valence-electron chi connectivity index (χ4n) is 7.37. The minimum atomic E-state index is -1.44. The topological polar surface area (TPSA) is 0 Å². The van der Waals surface area contributed by atoms with Crippen LogP contribution in [0.3, 0.4) is 0 Å². The van der Waals surface area contributed by atoms with Crippen molar-refractivity contribution in [1.82, 2.24) is 0 Å². The normalized spacial score (nSPS) is 12.2. The molecule has 0 N–H and O–H groups in total. The van der Waals surface area contributed by atoms with Crippen molar-refractivity contribution in [3.05, 3.63) is 168 Å². The molecule has 0 bridgehead atoms. The molecule has 276 valence electrons. The van der Waals surface area contributed by atoms with E-state index in [2.05, 4.69) is 234 Å². The van der Waals surface area contributed by atoms with Crippen LogP contribution in [-0.2, 0) is 5.41 Å². The summed E-state index contributed by atoms with van der Waals surface area (Å²) in [4.78, 5) is 0. The SMILES string of the molecule is CC(C)(C)c1ccc(-c2cc(-c3ccc(-c4cccc([Si](C)(C)C)c4)cc3)c(-c3ccc(Br)cc3)c(-c3ccc(-c4cccc([Si](C)(C)C)c4)cc3)c2)cc1. The highest BCUT2D eigenvalue weighted by molar-refractivity contribution is 9.10. The van der Waals surface area contributed by atoms with Crippen LogP contribution in [0, 0.1) is 0 Å². The molecule has 55 heavy (non-hydrogen) atoms. The molecule has 7 rings (SSSR count). The summed E-state index contributed by atoms with van der Waals surface area (Å²) in [7, 11) is -2.87. The van der Waals surface area contributed by atoms with Crippen LogP contribution in [0.1, 0.15) is 26.3 Å². The third-order valence-corrected chi connectivity index (χ3v) is 15.5. The second kappa shape index (κ2) is 15.2. The van der Waals surface area contributed by atoms with E-state index in [4.69, 9.17) is 0 Å². The van der Waals surface area contributed by atoms with Crippen molar-refractivity contribution in [3.8, 4) is 66.8 Å². The van der Waals surface area contributed by atoms with Crippen LogP contribution >= 0.6 is 15.9 Å². The largest absolute Gasteiger partial charge is 0.0776 e. The van der Waals surface area contributed by atoms with E-state index in [0.29, 0.717) is 0 Å². The van der Waals surface area contributed by atoms with Gasteiger partial charge in [0.25, 0.3) is 0 Å². The molecule has 7 aromatic carbocycles. The maximum atomic E-state index is 3.71. The van der Waals surface area contributed by atoms with E-state index in [1.807, 2.05) is 0 Å². The van der Waals surface area contributed by atoms with Crippen molar-refractivity contribution in [1.29, 1.82) is 0 Å². The molecule has 3 heteroatoms. The molecule has 0 aliphatic rings. The van der Waals surface area contributed by atoms with Crippen molar-refractivity contribution in [3.63, 3.8) is 0 Å². The van der Waals surface area contributed by atoms with E-state index in [9.17, 15) is 0 Å². The van der Waals surface area contributed by atoms with Gasteiger partial charge >= 0.3 is 0 Å². The van der Waals surface area contributed by atoms with Crippen molar-refractivity contribution in [2.24, 2.45) is 0 Å². The number of rotatable bonds is 8. The van der Waals surface area contributed by atoms with Crippen LogP contribution in [0.15, 0.2) is 162 Å². The van der Waals surface area contributed by atoms with E-state index >= 15 is 0 Å². The van der Waals surface area contributed by atoms with Crippen molar-refractivity contribution in [2.45, 2.75) is 65.5 Å². The van der Waals surface area contributed by atoms with Gasteiger partial charge in [0.15, 0.2) is 0 Å². The summed E-state index contributed by atoms with van der Waals surface area (Å²) in [6.07, 6.45) is 0. The molecule has 0 amide bonds. The highest BCUT2D eigenvalue weighted by Gasteiger charge is 2.21. The van der Waals surface area contributed by atoms with Gasteiger partial charge in [-0.3, -0.25) is 0 Å². The summed E-state index contributed by atoms with van der Waals surface area (Å²) in [5, 5.41) is 2.97. The quantitative estimate of drug-likeness (QED) is 0.134. The maximum absolute atomic E-state index is 3.71. The minimum absolute atomic E-state index is 0.0902. The third kappa shape index (κ3) is 8.65. The highest BCUT2D eigenvalue weighted by Crippen LogP contribution is 2.44. The zero-order valence-electron chi connectivity index (χ0n) is 33.9. The molecule has 0 atom stereocenters. The monoisotopic (exact) mass is 812 g/mol. The van der Waals surface area contributed by atoms with Gasteiger partial charge in [-0.15, -0.1) is 0 Å². The van der Waals surface area contributed by atoms with Crippen LogP contribution in [0.5, 0.6) is 0 Å². The Balaban J connectivity index is 1.42. The molecule has 0 aromatic heterocycles. The fourth-order valence-corrected chi connectivity index (χ4v) is 10.0. The number of hydrogen-bond donors (Lipinski definition) is 0. The molecule has 0 unspecified atom stereocenters. The molecule has 0 spiro atoms. The van der Waals surface area contributed by atoms with Crippen LogP contribution < -0.4 is 10.4 Å². The predicted octanol–water partition coefficient (Wildman–Crippen LogP) is 14.8. The van der Waals surface area contributed by atoms with Crippen molar-refractivity contribution >= 4 is 42.5 Å². The molecular formula is C52H53BrSi2. The zero-order valence-corrected chi connectivity index (χ0v) is 37.5. The van der Waals surface area contributed by atoms with E-state index in [0.717, 1.165) is 4.47 Å². The van der Waals surface area contributed by atoms with E-state index < -0.39 is 16.1 Å². The highest BCUT2D eigenvalue weighted by atomic mass is 79.9. The van der Waals surface area contributed by atoms with Gasteiger partial charge in [-0.2, -0.15) is 0 Å². The predicted molar refractivity (Wildman–Crippen MR) is 251 cm³/mol. The van der Waals surface area contributed by atoms with Crippen LogP contribution in [0.25, 0.3) is 66.8 Å². The first-order chi connectivity index (χ1) is 26.0. The Hall–Kier alpha value is -4.55. The van der Waals surface area contributed by atoms with E-state index in [1.54, 1.807) is 0 Å². The molecule has 0 fully saturated rings. The Morgan fingerprint density at radius 3 is 1.13 bits per heavy atom. The molecular weight excluding hydrogens is 761 g/mol. The Morgan fingerprint density at radius 1 is 0.364 bits per heavy atom. The first-order valence-corrected chi connectivity index (χ1v) is 27.3. The molecule has 7 aromatic rings. The van der Waals surface area contributed by atoms with Gasteiger partial charge in [0.05, 0.1) is 16.1 Å². The average Bonchev–Trinajstić information content (AvgIpc) is 3.17. The Kier molecular flexibility index (Phi) is 10.7. The molecule has 0 nitrogen and oxygen atoms in total. The second-order valence-electron chi connectivity index (χ2n) is 18.1. The number of hydrogen-bond acceptors (Lipinski definition) is 0.